The number of hydrogen-bond acceptors (Lipinski definition) is 2. The summed E-state index contributed by atoms with van der Waals surface area (Å²) in [5.74, 6) is 0. The lowest BCUT2D eigenvalue weighted by atomic mass is 10.4. The van der Waals surface area contributed by atoms with Crippen molar-refractivity contribution < 1.29 is 0 Å². The van der Waals surface area contributed by atoms with Crippen LogP contribution in [0, 0.1) is 0 Å². The number of halogens is 1. The van der Waals surface area contributed by atoms with E-state index in [0.29, 0.717) is 0 Å². The zero-order valence-corrected chi connectivity index (χ0v) is 6.53. The molecule has 0 saturated carbocycles. The molecule has 0 aromatic rings. The van der Waals surface area contributed by atoms with Crippen LogP contribution in [0.3, 0.4) is 0 Å². The normalized spacial score (nSPS) is 11.5. The summed E-state index contributed by atoms with van der Waals surface area (Å²) < 4.78 is 0. The molecule has 0 atom stereocenters. The molecule has 48 valence electrons. The molecule has 0 aliphatic rings. The number of allylic oxidation sites excluding steroid dienone is 1. The van der Waals surface area contributed by atoms with E-state index >= 15 is 0 Å². The standard InChI is InChI=1S/C5H11BrN2/c1-8-4-5(7)2-3-6/h4,8H,2-3,7H2,1H3/b5-4+. The van der Waals surface area contributed by atoms with Crippen molar-refractivity contribution in [3.05, 3.63) is 11.9 Å². The third-order valence-corrected chi connectivity index (χ3v) is 1.11. The van der Waals surface area contributed by atoms with Crippen molar-refractivity contribution in [2.75, 3.05) is 12.4 Å². The van der Waals surface area contributed by atoms with E-state index in [1.807, 2.05) is 7.05 Å². The maximum atomic E-state index is 5.46. The van der Waals surface area contributed by atoms with E-state index < -0.39 is 0 Å². The summed E-state index contributed by atoms with van der Waals surface area (Å²) >= 11 is 3.27. The van der Waals surface area contributed by atoms with Gasteiger partial charge in [-0.25, -0.2) is 0 Å². The second kappa shape index (κ2) is 4.97. The first kappa shape index (κ1) is 7.82. The molecule has 0 rings (SSSR count). The highest BCUT2D eigenvalue weighted by Crippen LogP contribution is 1.93. The summed E-state index contributed by atoms with van der Waals surface area (Å²) in [6.07, 6.45) is 2.70. The van der Waals surface area contributed by atoms with Gasteiger partial charge in [0.25, 0.3) is 0 Å². The zero-order chi connectivity index (χ0) is 6.41. The molecule has 0 saturated heterocycles. The Morgan fingerprint density at radius 1 is 1.88 bits per heavy atom. The van der Waals surface area contributed by atoms with Gasteiger partial charge in [-0.1, -0.05) is 15.9 Å². The van der Waals surface area contributed by atoms with Crippen molar-refractivity contribution >= 4 is 15.9 Å². The number of nitrogens with two attached hydrogens (primary N) is 1. The molecule has 2 nitrogen and oxygen atoms in total. The van der Waals surface area contributed by atoms with Gasteiger partial charge >= 0.3 is 0 Å². The Morgan fingerprint density at radius 3 is 2.88 bits per heavy atom. The Hall–Kier alpha value is -0.180. The van der Waals surface area contributed by atoms with Crippen LogP contribution in [0.4, 0.5) is 0 Å². The van der Waals surface area contributed by atoms with Gasteiger partial charge in [-0.15, -0.1) is 0 Å². The summed E-state index contributed by atoms with van der Waals surface area (Å²) in [7, 11) is 1.83. The predicted octanol–water partition coefficient (Wildman–Crippen LogP) is 0.791. The Kier molecular flexibility index (Phi) is 4.85. The molecule has 0 fully saturated rings. The largest absolute Gasteiger partial charge is 0.401 e. The Morgan fingerprint density at radius 2 is 2.50 bits per heavy atom. The van der Waals surface area contributed by atoms with Crippen molar-refractivity contribution in [1.29, 1.82) is 0 Å². The molecule has 8 heavy (non-hydrogen) atoms. The number of hydrogen-bond donors (Lipinski definition) is 2. The molecule has 0 heterocycles. The topological polar surface area (TPSA) is 38.0 Å². The molecule has 3 heteroatoms. The number of rotatable bonds is 3. The molecular weight excluding hydrogens is 168 g/mol. The summed E-state index contributed by atoms with van der Waals surface area (Å²) in [6, 6.07) is 0. The van der Waals surface area contributed by atoms with Crippen LogP contribution in [0.5, 0.6) is 0 Å². The lowest BCUT2D eigenvalue weighted by molar-refractivity contribution is 1.00. The quantitative estimate of drug-likeness (QED) is 0.628. The van der Waals surface area contributed by atoms with Gasteiger partial charge in [-0.05, 0) is 6.42 Å². The van der Waals surface area contributed by atoms with Gasteiger partial charge in [0.1, 0.15) is 0 Å². The summed E-state index contributed by atoms with van der Waals surface area (Å²) in [4.78, 5) is 0. The van der Waals surface area contributed by atoms with Gasteiger partial charge in [-0.2, -0.15) is 0 Å². The predicted molar refractivity (Wildman–Crippen MR) is 39.7 cm³/mol. The van der Waals surface area contributed by atoms with Gasteiger partial charge < -0.3 is 11.1 Å². The van der Waals surface area contributed by atoms with E-state index in [-0.39, 0.29) is 0 Å². The van der Waals surface area contributed by atoms with E-state index in [1.54, 1.807) is 6.20 Å². The SMILES string of the molecule is CN/C=C(/N)CCBr. The monoisotopic (exact) mass is 178 g/mol. The van der Waals surface area contributed by atoms with Crippen LogP contribution in [-0.2, 0) is 0 Å². The summed E-state index contributed by atoms with van der Waals surface area (Å²) in [6.45, 7) is 0. The lowest BCUT2D eigenvalue weighted by Gasteiger charge is -1.94. The second-order valence-electron chi connectivity index (χ2n) is 1.45. The maximum Gasteiger partial charge on any atom is 0.0248 e. The third-order valence-electron chi connectivity index (χ3n) is 0.713. The molecule has 0 bridgehead atoms. The molecule has 0 aliphatic carbocycles. The van der Waals surface area contributed by atoms with Crippen LogP contribution in [0.15, 0.2) is 11.9 Å². The molecule has 0 radical (unpaired) electrons. The average molecular weight is 179 g/mol. The minimum absolute atomic E-state index is 0.879. The van der Waals surface area contributed by atoms with Crippen LogP contribution >= 0.6 is 15.9 Å². The Bertz CT molecular complexity index is 80.5. The minimum atomic E-state index is 0.879. The fourth-order valence-corrected chi connectivity index (χ4v) is 0.825. The van der Waals surface area contributed by atoms with Crippen LogP contribution in [0.2, 0.25) is 0 Å². The van der Waals surface area contributed by atoms with E-state index in [1.165, 1.54) is 0 Å². The lowest BCUT2D eigenvalue weighted by Crippen LogP contribution is -2.04. The van der Waals surface area contributed by atoms with Gasteiger partial charge in [0.15, 0.2) is 0 Å². The van der Waals surface area contributed by atoms with Crippen LogP contribution in [-0.4, -0.2) is 12.4 Å². The molecule has 3 N–H and O–H groups in total. The zero-order valence-electron chi connectivity index (χ0n) is 4.95. The Balaban J connectivity index is 3.29. The fourth-order valence-electron chi connectivity index (χ4n) is 0.367. The molecular formula is C5H11BrN2. The molecule has 0 aromatic carbocycles. The van der Waals surface area contributed by atoms with E-state index in [2.05, 4.69) is 21.2 Å². The van der Waals surface area contributed by atoms with Crippen LogP contribution in [0.1, 0.15) is 6.42 Å². The van der Waals surface area contributed by atoms with Crippen molar-refractivity contribution in [3.63, 3.8) is 0 Å². The molecule has 0 spiro atoms. The maximum absolute atomic E-state index is 5.46. The van der Waals surface area contributed by atoms with Gasteiger partial charge in [0.2, 0.25) is 0 Å². The summed E-state index contributed by atoms with van der Waals surface area (Å²) in [5, 5.41) is 3.77. The highest BCUT2D eigenvalue weighted by molar-refractivity contribution is 9.09. The highest BCUT2D eigenvalue weighted by Gasteiger charge is 1.83. The molecule has 0 unspecified atom stereocenters. The van der Waals surface area contributed by atoms with Crippen molar-refractivity contribution in [2.45, 2.75) is 6.42 Å². The molecule has 0 aliphatic heterocycles. The van der Waals surface area contributed by atoms with E-state index in [9.17, 15) is 0 Å². The second-order valence-corrected chi connectivity index (χ2v) is 2.24. The van der Waals surface area contributed by atoms with Crippen molar-refractivity contribution in [3.8, 4) is 0 Å². The van der Waals surface area contributed by atoms with Crippen molar-refractivity contribution in [1.82, 2.24) is 5.32 Å². The van der Waals surface area contributed by atoms with Gasteiger partial charge in [0, 0.05) is 24.3 Å². The first-order chi connectivity index (χ1) is 3.81. The minimum Gasteiger partial charge on any atom is -0.401 e. The summed E-state index contributed by atoms with van der Waals surface area (Å²) in [5.41, 5.74) is 6.34. The number of alkyl halides is 1. The molecule has 0 amide bonds. The third kappa shape index (κ3) is 3.99. The van der Waals surface area contributed by atoms with Gasteiger partial charge in [-0.3, -0.25) is 0 Å². The number of nitrogens with one attached hydrogen (secondary N) is 1. The van der Waals surface area contributed by atoms with Crippen molar-refractivity contribution in [2.24, 2.45) is 5.73 Å². The molecule has 0 aromatic heterocycles. The first-order valence-electron chi connectivity index (χ1n) is 2.49. The smallest absolute Gasteiger partial charge is 0.0248 e. The highest BCUT2D eigenvalue weighted by atomic mass is 79.9. The van der Waals surface area contributed by atoms with Crippen LogP contribution in [0.25, 0.3) is 0 Å². The van der Waals surface area contributed by atoms with E-state index in [0.717, 1.165) is 17.4 Å². The van der Waals surface area contributed by atoms with Crippen LogP contribution < -0.4 is 11.1 Å². The van der Waals surface area contributed by atoms with E-state index in [4.69, 9.17) is 5.73 Å². The Labute approximate surface area is 58.3 Å². The average Bonchev–Trinajstić information content (AvgIpc) is 1.68. The fraction of sp³-hybridized carbons (Fsp3) is 0.600. The first-order valence-corrected chi connectivity index (χ1v) is 3.61. The van der Waals surface area contributed by atoms with Gasteiger partial charge in [0.05, 0.1) is 0 Å².